The van der Waals surface area contributed by atoms with Crippen molar-refractivity contribution in [3.05, 3.63) is 41.0 Å². The van der Waals surface area contributed by atoms with Crippen molar-refractivity contribution in [1.82, 2.24) is 0 Å². The first kappa shape index (κ1) is 18.6. The van der Waals surface area contributed by atoms with Gasteiger partial charge in [0.25, 0.3) is 0 Å². The maximum Gasteiger partial charge on any atom is 0.310 e. The van der Waals surface area contributed by atoms with Gasteiger partial charge in [-0.2, -0.15) is 0 Å². The van der Waals surface area contributed by atoms with Gasteiger partial charge in [0.2, 0.25) is 12.5 Å². The summed E-state index contributed by atoms with van der Waals surface area (Å²) in [5.74, 6) is 0.153. The molecule has 2 aromatic rings. The highest BCUT2D eigenvalue weighted by atomic mass is 16.7. The van der Waals surface area contributed by atoms with E-state index in [0.29, 0.717) is 45.4 Å². The molecule has 1 aliphatic carbocycles. The molecular weight excluding hydrogens is 392 g/mol. The molecule has 156 valence electrons. The van der Waals surface area contributed by atoms with Gasteiger partial charge in [-0.25, -0.2) is 0 Å². The largest absolute Gasteiger partial charge is 0.493 e. The summed E-state index contributed by atoms with van der Waals surface area (Å²) in [4.78, 5) is 25.9. The number of carbonyl (C=O) groups is 2. The van der Waals surface area contributed by atoms with E-state index in [2.05, 4.69) is 0 Å². The lowest BCUT2D eigenvalue weighted by Crippen LogP contribution is -2.36. The monoisotopic (exact) mass is 412 g/mol. The van der Waals surface area contributed by atoms with Crippen molar-refractivity contribution in [3.63, 3.8) is 0 Å². The Kier molecular flexibility index (Phi) is 4.23. The van der Waals surface area contributed by atoms with Crippen LogP contribution in [0.3, 0.4) is 0 Å². The van der Waals surface area contributed by atoms with Gasteiger partial charge in [0.15, 0.2) is 28.8 Å². The van der Waals surface area contributed by atoms with E-state index in [1.165, 1.54) is 21.3 Å². The smallest absolute Gasteiger partial charge is 0.310 e. The maximum atomic E-state index is 13.2. The van der Waals surface area contributed by atoms with Gasteiger partial charge >= 0.3 is 5.97 Å². The van der Waals surface area contributed by atoms with Crippen molar-refractivity contribution in [2.45, 2.75) is 5.92 Å². The number of rotatable bonds is 4. The standard InChI is InChI=1S/C22H20O8/c1-25-14-5-4-10(20(26-2)21(14)27-3)17-11-6-15-16(30-9-29-15)7-12(11)19(23)13-8-28-22(24)18(13)17/h4-7,13,17-18H,8-9H2,1-3H3/t13-,17+,18+/m0/s1. The van der Waals surface area contributed by atoms with Crippen LogP contribution in [0.25, 0.3) is 0 Å². The number of Topliss-reactive ketones (excluding diaryl/α,β-unsaturated/α-hetero) is 1. The number of hydrogen-bond donors (Lipinski definition) is 0. The minimum Gasteiger partial charge on any atom is -0.493 e. The molecule has 5 rings (SSSR count). The molecule has 0 spiro atoms. The number of esters is 1. The molecule has 8 heteroatoms. The fraction of sp³-hybridized carbons (Fsp3) is 0.364. The normalized spacial score (nSPS) is 23.5. The number of carbonyl (C=O) groups excluding carboxylic acids is 2. The molecule has 0 aromatic heterocycles. The second-order valence-corrected chi connectivity index (χ2v) is 7.32. The summed E-state index contributed by atoms with van der Waals surface area (Å²) in [5, 5.41) is 0. The minimum atomic E-state index is -0.669. The van der Waals surface area contributed by atoms with Crippen molar-refractivity contribution in [2.24, 2.45) is 11.8 Å². The summed E-state index contributed by atoms with van der Waals surface area (Å²) >= 11 is 0. The average molecular weight is 412 g/mol. The van der Waals surface area contributed by atoms with Crippen molar-refractivity contribution in [1.29, 1.82) is 0 Å². The van der Waals surface area contributed by atoms with Gasteiger partial charge in [-0.3, -0.25) is 9.59 Å². The number of methoxy groups -OCH3 is 3. The minimum absolute atomic E-state index is 0.0579. The fourth-order valence-electron chi connectivity index (χ4n) is 4.70. The summed E-state index contributed by atoms with van der Waals surface area (Å²) < 4.78 is 32.9. The van der Waals surface area contributed by atoms with Crippen molar-refractivity contribution >= 4 is 11.8 Å². The number of ether oxygens (including phenoxy) is 6. The molecule has 30 heavy (non-hydrogen) atoms. The van der Waals surface area contributed by atoms with Crippen LogP contribution >= 0.6 is 0 Å². The third-order valence-electron chi connectivity index (χ3n) is 6.02. The van der Waals surface area contributed by atoms with Gasteiger partial charge in [0.05, 0.1) is 33.2 Å². The Morgan fingerprint density at radius 3 is 2.30 bits per heavy atom. The zero-order valence-electron chi connectivity index (χ0n) is 16.7. The number of benzene rings is 2. The van der Waals surface area contributed by atoms with Crippen LogP contribution in [0.4, 0.5) is 0 Å². The number of hydrogen-bond acceptors (Lipinski definition) is 8. The van der Waals surface area contributed by atoms with Gasteiger partial charge in [0.1, 0.15) is 6.61 Å². The van der Waals surface area contributed by atoms with Crippen LogP contribution in [0, 0.1) is 11.8 Å². The summed E-state index contributed by atoms with van der Waals surface area (Å²) in [6.45, 7) is 0.147. The quantitative estimate of drug-likeness (QED) is 0.708. The van der Waals surface area contributed by atoms with E-state index in [1.807, 2.05) is 6.07 Å². The maximum absolute atomic E-state index is 13.2. The molecule has 2 heterocycles. The Hall–Kier alpha value is -3.42. The lowest BCUT2D eigenvalue weighted by molar-refractivity contribution is -0.141. The molecule has 8 nitrogen and oxygen atoms in total. The van der Waals surface area contributed by atoms with E-state index in [-0.39, 0.29) is 19.2 Å². The van der Waals surface area contributed by atoms with Crippen LogP contribution in [0.15, 0.2) is 24.3 Å². The predicted octanol–water partition coefficient (Wildman–Crippen LogP) is 2.56. The fourth-order valence-corrected chi connectivity index (χ4v) is 4.70. The van der Waals surface area contributed by atoms with Crippen LogP contribution in [-0.4, -0.2) is 46.5 Å². The SMILES string of the molecule is COc1ccc([C@@H]2c3cc4c(cc3C(=O)[C@H]3COC(=O)[C@@H]23)OCO4)c(OC)c1OC. The van der Waals surface area contributed by atoms with Gasteiger partial charge in [-0.05, 0) is 23.8 Å². The highest BCUT2D eigenvalue weighted by Crippen LogP contribution is 2.54. The van der Waals surface area contributed by atoms with Gasteiger partial charge in [-0.1, -0.05) is 6.07 Å². The second-order valence-electron chi connectivity index (χ2n) is 7.32. The average Bonchev–Trinajstić information content (AvgIpc) is 3.38. The molecule has 0 saturated carbocycles. The highest BCUT2D eigenvalue weighted by molar-refractivity contribution is 6.05. The van der Waals surface area contributed by atoms with E-state index in [0.717, 1.165) is 0 Å². The first-order valence-corrected chi connectivity index (χ1v) is 9.52. The van der Waals surface area contributed by atoms with Crippen LogP contribution in [-0.2, 0) is 9.53 Å². The van der Waals surface area contributed by atoms with Gasteiger partial charge in [0, 0.05) is 17.0 Å². The molecule has 1 saturated heterocycles. The molecule has 0 N–H and O–H groups in total. The summed E-state index contributed by atoms with van der Waals surface area (Å²) in [7, 11) is 4.59. The first-order chi connectivity index (χ1) is 14.6. The molecule has 2 aliphatic heterocycles. The van der Waals surface area contributed by atoms with Crippen LogP contribution in [0.2, 0.25) is 0 Å². The lowest BCUT2D eigenvalue weighted by atomic mass is 9.66. The Balaban J connectivity index is 1.78. The molecule has 3 atom stereocenters. The second kappa shape index (κ2) is 6.83. The summed E-state index contributed by atoms with van der Waals surface area (Å²) in [6.07, 6.45) is 0. The number of ketones is 1. The molecular formula is C22H20O8. The van der Waals surface area contributed by atoms with E-state index in [4.69, 9.17) is 28.4 Å². The zero-order chi connectivity index (χ0) is 21.0. The number of fused-ring (bicyclic) bond motifs is 3. The van der Waals surface area contributed by atoms with Crippen LogP contribution in [0.1, 0.15) is 27.4 Å². The lowest BCUT2D eigenvalue weighted by Gasteiger charge is -2.33. The Bertz CT molecular complexity index is 1060. The van der Waals surface area contributed by atoms with Crippen LogP contribution < -0.4 is 23.7 Å². The first-order valence-electron chi connectivity index (χ1n) is 9.52. The third-order valence-corrected chi connectivity index (χ3v) is 6.02. The van der Waals surface area contributed by atoms with E-state index in [1.54, 1.807) is 18.2 Å². The van der Waals surface area contributed by atoms with Crippen LogP contribution in [0.5, 0.6) is 28.7 Å². The molecule has 3 aliphatic rings. The summed E-state index contributed by atoms with van der Waals surface area (Å²) in [5.41, 5.74) is 1.88. The van der Waals surface area contributed by atoms with Gasteiger partial charge < -0.3 is 28.4 Å². The van der Waals surface area contributed by atoms with E-state index in [9.17, 15) is 9.59 Å². The molecule has 1 fully saturated rings. The Labute approximate surface area is 172 Å². The zero-order valence-corrected chi connectivity index (χ0v) is 16.7. The van der Waals surface area contributed by atoms with Gasteiger partial charge in [-0.15, -0.1) is 0 Å². The topological polar surface area (TPSA) is 89.5 Å². The Morgan fingerprint density at radius 1 is 0.867 bits per heavy atom. The third kappa shape index (κ3) is 2.46. The molecule has 0 unspecified atom stereocenters. The molecule has 0 bridgehead atoms. The molecule has 0 radical (unpaired) electrons. The summed E-state index contributed by atoms with van der Waals surface area (Å²) in [6, 6.07) is 7.06. The molecule has 2 aromatic carbocycles. The predicted molar refractivity (Wildman–Crippen MR) is 103 cm³/mol. The van der Waals surface area contributed by atoms with E-state index < -0.39 is 23.7 Å². The van der Waals surface area contributed by atoms with E-state index >= 15 is 0 Å². The van der Waals surface area contributed by atoms with Crippen molar-refractivity contribution < 1.29 is 38.0 Å². The highest BCUT2D eigenvalue weighted by Gasteiger charge is 2.53. The molecule has 0 amide bonds. The number of cyclic esters (lactones) is 1. The Morgan fingerprint density at radius 2 is 1.60 bits per heavy atom. The van der Waals surface area contributed by atoms with Crippen molar-refractivity contribution in [3.8, 4) is 28.7 Å². The van der Waals surface area contributed by atoms with Crippen molar-refractivity contribution in [2.75, 3.05) is 34.7 Å².